The lowest BCUT2D eigenvalue weighted by molar-refractivity contribution is -0.140. The number of Topliss-reactive ketones (excluding diaryl/α,β-unsaturated/α-hetero) is 1. The molecule has 1 aliphatic heterocycles. The standard InChI is InChI=1S/C29H30N2O5/c1-19-17-21(13-14-24(19)35-4)27(32)25-26(31(16-15-30(2)3)29(34)28(25)33)20-9-8-12-23(18-20)36-22-10-6-5-7-11-22/h5-14,17-18,26,32H,15-16H2,1-4H3/b27-25+. The molecule has 3 aromatic carbocycles. The van der Waals surface area contributed by atoms with Crippen LogP contribution in [0.4, 0.5) is 0 Å². The topological polar surface area (TPSA) is 79.3 Å². The molecule has 0 aromatic heterocycles. The fraction of sp³-hybridized carbons (Fsp3) is 0.241. The molecule has 0 radical (unpaired) electrons. The lowest BCUT2D eigenvalue weighted by Crippen LogP contribution is -2.35. The second-order valence-electron chi connectivity index (χ2n) is 8.97. The number of methoxy groups -OCH3 is 1. The first kappa shape index (κ1) is 25.0. The first-order valence-corrected chi connectivity index (χ1v) is 11.7. The van der Waals surface area contributed by atoms with E-state index in [4.69, 9.17) is 9.47 Å². The molecular formula is C29H30N2O5. The smallest absolute Gasteiger partial charge is 0.295 e. The molecule has 1 aliphatic rings. The maximum Gasteiger partial charge on any atom is 0.295 e. The van der Waals surface area contributed by atoms with Crippen LogP contribution in [0.3, 0.4) is 0 Å². The Morgan fingerprint density at radius 1 is 0.972 bits per heavy atom. The minimum atomic E-state index is -0.758. The van der Waals surface area contributed by atoms with Gasteiger partial charge in [0.05, 0.1) is 18.7 Å². The third-order valence-corrected chi connectivity index (χ3v) is 6.15. The van der Waals surface area contributed by atoms with Gasteiger partial charge in [-0.25, -0.2) is 0 Å². The highest BCUT2D eigenvalue weighted by Gasteiger charge is 2.46. The summed E-state index contributed by atoms with van der Waals surface area (Å²) >= 11 is 0. The average Bonchev–Trinajstić information content (AvgIpc) is 3.12. The van der Waals surface area contributed by atoms with E-state index in [1.807, 2.05) is 74.4 Å². The van der Waals surface area contributed by atoms with Gasteiger partial charge in [0.1, 0.15) is 23.0 Å². The van der Waals surface area contributed by atoms with Crippen LogP contribution in [0.5, 0.6) is 17.2 Å². The zero-order valence-electron chi connectivity index (χ0n) is 20.9. The molecule has 0 bridgehead atoms. The van der Waals surface area contributed by atoms with Gasteiger partial charge in [-0.2, -0.15) is 0 Å². The molecule has 1 amide bonds. The van der Waals surface area contributed by atoms with Gasteiger partial charge in [-0.3, -0.25) is 9.59 Å². The van der Waals surface area contributed by atoms with Crippen LogP contribution in [0.25, 0.3) is 5.76 Å². The molecule has 7 heteroatoms. The van der Waals surface area contributed by atoms with Gasteiger partial charge in [0.15, 0.2) is 0 Å². The van der Waals surface area contributed by atoms with Crippen molar-refractivity contribution in [2.24, 2.45) is 0 Å². The Balaban J connectivity index is 1.81. The number of amides is 1. The molecule has 3 aromatic rings. The maximum atomic E-state index is 13.3. The summed E-state index contributed by atoms with van der Waals surface area (Å²) in [5.41, 5.74) is 1.98. The number of benzene rings is 3. The first-order chi connectivity index (χ1) is 17.3. The summed E-state index contributed by atoms with van der Waals surface area (Å²) in [5.74, 6) is 0.343. The van der Waals surface area contributed by atoms with Crippen LogP contribution < -0.4 is 9.47 Å². The van der Waals surface area contributed by atoms with Gasteiger partial charge in [-0.15, -0.1) is 0 Å². The lowest BCUT2D eigenvalue weighted by Gasteiger charge is -2.27. The van der Waals surface area contributed by atoms with E-state index in [1.165, 1.54) is 4.90 Å². The van der Waals surface area contributed by atoms with Crippen molar-refractivity contribution in [3.63, 3.8) is 0 Å². The van der Waals surface area contributed by atoms with Crippen molar-refractivity contribution in [3.8, 4) is 17.2 Å². The first-order valence-electron chi connectivity index (χ1n) is 11.7. The molecule has 1 saturated heterocycles. The highest BCUT2D eigenvalue weighted by atomic mass is 16.5. The van der Waals surface area contributed by atoms with E-state index >= 15 is 0 Å². The van der Waals surface area contributed by atoms with E-state index in [9.17, 15) is 14.7 Å². The quantitative estimate of drug-likeness (QED) is 0.281. The number of aryl methyl sites for hydroxylation is 1. The maximum absolute atomic E-state index is 13.3. The van der Waals surface area contributed by atoms with E-state index in [2.05, 4.69) is 0 Å². The van der Waals surface area contributed by atoms with E-state index < -0.39 is 17.7 Å². The number of ketones is 1. The van der Waals surface area contributed by atoms with Gasteiger partial charge in [0.25, 0.3) is 11.7 Å². The van der Waals surface area contributed by atoms with Gasteiger partial charge < -0.3 is 24.4 Å². The summed E-state index contributed by atoms with van der Waals surface area (Å²) in [6, 6.07) is 21.0. The molecule has 0 spiro atoms. The van der Waals surface area contributed by atoms with Gasteiger partial charge in [0.2, 0.25) is 0 Å². The molecular weight excluding hydrogens is 456 g/mol. The predicted octanol–water partition coefficient (Wildman–Crippen LogP) is 4.78. The monoisotopic (exact) mass is 486 g/mol. The summed E-state index contributed by atoms with van der Waals surface area (Å²) in [7, 11) is 5.38. The molecule has 4 rings (SSSR count). The van der Waals surface area contributed by atoms with Gasteiger partial charge in [-0.1, -0.05) is 30.3 Å². The van der Waals surface area contributed by atoms with Crippen LogP contribution in [0.15, 0.2) is 78.4 Å². The number of carbonyl (C=O) groups is 2. The Kier molecular flexibility index (Phi) is 7.41. The Labute approximate surface area is 211 Å². The summed E-state index contributed by atoms with van der Waals surface area (Å²) in [4.78, 5) is 29.9. The van der Waals surface area contributed by atoms with Crippen molar-refractivity contribution >= 4 is 17.4 Å². The highest BCUT2D eigenvalue weighted by molar-refractivity contribution is 6.46. The van der Waals surface area contributed by atoms with Crippen molar-refractivity contribution in [3.05, 3.63) is 95.1 Å². The number of aliphatic hydroxyl groups is 1. The van der Waals surface area contributed by atoms with E-state index in [0.717, 1.165) is 5.56 Å². The van der Waals surface area contributed by atoms with Gasteiger partial charge >= 0.3 is 0 Å². The SMILES string of the molecule is COc1ccc(/C(O)=C2\C(=O)C(=O)N(CCN(C)C)C2c2cccc(Oc3ccccc3)c2)cc1C. The Bertz CT molecular complexity index is 1300. The Morgan fingerprint density at radius 3 is 2.36 bits per heavy atom. The number of nitrogens with zero attached hydrogens (tertiary/aromatic N) is 2. The summed E-state index contributed by atoms with van der Waals surface area (Å²) in [6.45, 7) is 2.74. The van der Waals surface area contributed by atoms with E-state index in [1.54, 1.807) is 31.4 Å². The third-order valence-electron chi connectivity index (χ3n) is 6.15. The number of likely N-dealkylation sites (N-methyl/N-ethyl adjacent to an activating group) is 1. The number of aliphatic hydroxyl groups excluding tert-OH is 1. The molecule has 1 unspecified atom stereocenters. The van der Waals surface area contributed by atoms with E-state index in [-0.39, 0.29) is 11.3 Å². The minimum Gasteiger partial charge on any atom is -0.507 e. The summed E-state index contributed by atoms with van der Waals surface area (Å²) in [6.07, 6.45) is 0. The molecule has 7 nitrogen and oxygen atoms in total. The van der Waals surface area contributed by atoms with Crippen molar-refractivity contribution in [2.75, 3.05) is 34.3 Å². The number of ether oxygens (including phenoxy) is 2. The average molecular weight is 487 g/mol. The number of carbonyl (C=O) groups excluding carboxylic acids is 2. The molecule has 1 fully saturated rings. The molecule has 1 N–H and O–H groups in total. The van der Waals surface area contributed by atoms with Crippen LogP contribution in [-0.2, 0) is 9.59 Å². The van der Waals surface area contributed by atoms with Gasteiger partial charge in [0, 0.05) is 18.7 Å². The van der Waals surface area contributed by atoms with Crippen molar-refractivity contribution in [1.29, 1.82) is 0 Å². The highest BCUT2D eigenvalue weighted by Crippen LogP contribution is 2.41. The number of hydrogen-bond acceptors (Lipinski definition) is 6. The molecule has 186 valence electrons. The molecule has 1 heterocycles. The van der Waals surface area contributed by atoms with Crippen LogP contribution >= 0.6 is 0 Å². The lowest BCUT2D eigenvalue weighted by atomic mass is 9.94. The second kappa shape index (κ2) is 10.7. The zero-order chi connectivity index (χ0) is 25.8. The van der Waals surface area contributed by atoms with Crippen LogP contribution in [0, 0.1) is 6.92 Å². The predicted molar refractivity (Wildman–Crippen MR) is 138 cm³/mol. The Hall–Kier alpha value is -4.10. The molecule has 36 heavy (non-hydrogen) atoms. The van der Waals surface area contributed by atoms with Crippen molar-refractivity contribution in [1.82, 2.24) is 9.80 Å². The van der Waals surface area contributed by atoms with Gasteiger partial charge in [-0.05, 0) is 74.6 Å². The summed E-state index contributed by atoms with van der Waals surface area (Å²) < 4.78 is 11.3. The minimum absolute atomic E-state index is 0.0557. The van der Waals surface area contributed by atoms with Crippen LogP contribution in [-0.4, -0.2) is 60.9 Å². The fourth-order valence-electron chi connectivity index (χ4n) is 4.32. The normalized spacial score (nSPS) is 17.0. The van der Waals surface area contributed by atoms with Crippen molar-refractivity contribution in [2.45, 2.75) is 13.0 Å². The largest absolute Gasteiger partial charge is 0.507 e. The number of rotatable bonds is 8. The second-order valence-corrected chi connectivity index (χ2v) is 8.97. The number of hydrogen-bond donors (Lipinski definition) is 1. The number of likely N-dealkylation sites (tertiary alicyclic amines) is 1. The number of para-hydroxylation sites is 1. The van der Waals surface area contributed by atoms with Crippen LogP contribution in [0.1, 0.15) is 22.7 Å². The molecule has 0 aliphatic carbocycles. The Morgan fingerprint density at radius 2 is 1.69 bits per heavy atom. The summed E-state index contributed by atoms with van der Waals surface area (Å²) in [5, 5.41) is 11.3. The van der Waals surface area contributed by atoms with E-state index in [0.29, 0.717) is 41.5 Å². The molecule has 0 saturated carbocycles. The molecule has 1 atom stereocenters. The van der Waals surface area contributed by atoms with Crippen LogP contribution in [0.2, 0.25) is 0 Å². The zero-order valence-corrected chi connectivity index (χ0v) is 20.9. The fourth-order valence-corrected chi connectivity index (χ4v) is 4.32. The third kappa shape index (κ3) is 5.11. The van der Waals surface area contributed by atoms with Crippen molar-refractivity contribution < 1.29 is 24.2 Å².